The van der Waals surface area contributed by atoms with Crippen LogP contribution in [-0.4, -0.2) is 22.0 Å². The Morgan fingerprint density at radius 3 is 2.79 bits per heavy atom. The summed E-state index contributed by atoms with van der Waals surface area (Å²) in [6.45, 7) is 9.04. The summed E-state index contributed by atoms with van der Waals surface area (Å²) in [6.07, 6.45) is 3.16. The summed E-state index contributed by atoms with van der Waals surface area (Å²) in [5, 5.41) is 0. The van der Waals surface area contributed by atoms with E-state index in [1.54, 1.807) is 4.40 Å². The van der Waals surface area contributed by atoms with E-state index in [2.05, 4.69) is 56.8 Å². The molecule has 4 nitrogen and oxygen atoms in total. The third-order valence-corrected chi connectivity index (χ3v) is 7.42. The van der Waals surface area contributed by atoms with Crippen molar-refractivity contribution in [3.63, 3.8) is 0 Å². The van der Waals surface area contributed by atoms with Crippen LogP contribution in [0.15, 0.2) is 41.2 Å². The number of anilines is 1. The molecule has 0 radical (unpaired) electrons. The third-order valence-electron chi connectivity index (χ3n) is 6.45. The molecule has 0 spiro atoms. The molecule has 0 saturated heterocycles. The van der Waals surface area contributed by atoms with E-state index in [1.165, 1.54) is 28.2 Å². The van der Waals surface area contributed by atoms with Crippen molar-refractivity contribution < 1.29 is 0 Å². The van der Waals surface area contributed by atoms with Crippen molar-refractivity contribution in [2.45, 2.75) is 45.6 Å². The molecule has 1 aliphatic rings. The summed E-state index contributed by atoms with van der Waals surface area (Å²) >= 11 is 1.47. The molecule has 3 heterocycles. The van der Waals surface area contributed by atoms with E-state index in [0.29, 0.717) is 5.92 Å². The highest BCUT2D eigenvalue weighted by Gasteiger charge is 2.34. The molecule has 148 valence electrons. The highest BCUT2D eigenvalue weighted by Crippen LogP contribution is 2.43. The van der Waals surface area contributed by atoms with Gasteiger partial charge in [-0.05, 0) is 80.1 Å². The molecule has 5 rings (SSSR count). The number of fused-ring (bicyclic) bond motifs is 4. The van der Waals surface area contributed by atoms with E-state index >= 15 is 0 Å². The molecular formula is C24H25N3OS. The van der Waals surface area contributed by atoms with E-state index in [1.807, 2.05) is 30.3 Å². The van der Waals surface area contributed by atoms with Crippen molar-refractivity contribution in [1.29, 1.82) is 0 Å². The molecule has 0 N–H and O–H groups in total. The maximum Gasteiger partial charge on any atom is 0.274 e. The number of imidazole rings is 1. The minimum absolute atomic E-state index is 0.0159. The molecule has 1 aliphatic heterocycles. The first-order valence-electron chi connectivity index (χ1n) is 10.1. The second-order valence-corrected chi connectivity index (χ2v) is 9.89. The van der Waals surface area contributed by atoms with Crippen molar-refractivity contribution in [1.82, 2.24) is 9.38 Å². The van der Waals surface area contributed by atoms with Gasteiger partial charge in [0.15, 0.2) is 4.96 Å². The normalized spacial score (nSPS) is 19.3. The summed E-state index contributed by atoms with van der Waals surface area (Å²) in [7, 11) is 2.18. The number of rotatable bonds is 1. The standard InChI is InChI=1S/C24H25N3OS/c1-14-10-20-17(15(2)13-24(3,4)26(20)5)11-16(14)12-21-22(28)27-19-9-7-6-8-18(19)25-23(27)29-21/h6-12,15H,13H2,1-5H3/b21-12-/t15-/m0/s1. The van der Waals surface area contributed by atoms with Gasteiger partial charge in [-0.3, -0.25) is 4.79 Å². The third kappa shape index (κ3) is 2.71. The highest BCUT2D eigenvalue weighted by atomic mass is 32.1. The van der Waals surface area contributed by atoms with Gasteiger partial charge in [0, 0.05) is 18.3 Å². The van der Waals surface area contributed by atoms with Crippen LogP contribution in [0.5, 0.6) is 0 Å². The molecule has 4 aromatic rings. The number of aryl methyl sites for hydroxylation is 1. The lowest BCUT2D eigenvalue weighted by molar-refractivity contribution is 0.395. The summed E-state index contributed by atoms with van der Waals surface area (Å²) in [5.74, 6) is 0.486. The summed E-state index contributed by atoms with van der Waals surface area (Å²) < 4.78 is 2.47. The Balaban J connectivity index is 1.70. The van der Waals surface area contributed by atoms with E-state index in [-0.39, 0.29) is 11.1 Å². The molecule has 0 unspecified atom stereocenters. The predicted octanol–water partition coefficient (Wildman–Crippen LogP) is 4.49. The Morgan fingerprint density at radius 1 is 1.24 bits per heavy atom. The molecule has 0 saturated carbocycles. The molecular weight excluding hydrogens is 378 g/mol. The Hall–Kier alpha value is -2.66. The zero-order valence-electron chi connectivity index (χ0n) is 17.5. The molecule has 0 aliphatic carbocycles. The second kappa shape index (κ2) is 6.17. The fourth-order valence-electron chi connectivity index (χ4n) is 4.64. The average Bonchev–Trinajstić information content (AvgIpc) is 3.17. The first-order valence-corrected chi connectivity index (χ1v) is 10.9. The highest BCUT2D eigenvalue weighted by molar-refractivity contribution is 7.15. The van der Waals surface area contributed by atoms with Crippen molar-refractivity contribution >= 4 is 39.1 Å². The largest absolute Gasteiger partial charge is 0.369 e. The second-order valence-electron chi connectivity index (χ2n) is 8.88. The zero-order chi connectivity index (χ0) is 20.5. The van der Waals surface area contributed by atoms with E-state index in [0.717, 1.165) is 32.5 Å². The Morgan fingerprint density at radius 2 is 2.00 bits per heavy atom. The Bertz CT molecular complexity index is 1380. The van der Waals surface area contributed by atoms with Crippen molar-refractivity contribution in [2.24, 2.45) is 0 Å². The minimum atomic E-state index is 0.0159. The van der Waals surface area contributed by atoms with E-state index in [9.17, 15) is 4.79 Å². The van der Waals surface area contributed by atoms with Gasteiger partial charge in [0.25, 0.3) is 5.56 Å². The maximum atomic E-state index is 13.1. The molecule has 0 bridgehead atoms. The number of thiazole rings is 1. The smallest absolute Gasteiger partial charge is 0.274 e. The summed E-state index contributed by atoms with van der Waals surface area (Å²) in [4.78, 5) is 20.9. The lowest BCUT2D eigenvalue weighted by Crippen LogP contribution is -2.45. The number of aromatic nitrogens is 2. The van der Waals surface area contributed by atoms with Gasteiger partial charge in [0.05, 0.1) is 15.6 Å². The monoisotopic (exact) mass is 403 g/mol. The van der Waals surface area contributed by atoms with Gasteiger partial charge in [0.2, 0.25) is 0 Å². The number of nitrogens with zero attached hydrogens (tertiary/aromatic N) is 3. The van der Waals surface area contributed by atoms with Crippen molar-refractivity contribution in [3.8, 4) is 0 Å². The number of para-hydroxylation sites is 2. The van der Waals surface area contributed by atoms with Gasteiger partial charge in [-0.1, -0.05) is 30.4 Å². The lowest BCUT2D eigenvalue weighted by Gasteiger charge is -2.45. The molecule has 0 amide bonds. The zero-order valence-corrected chi connectivity index (χ0v) is 18.3. The SMILES string of the molecule is Cc1cc2c(cc1/C=c1\sc3nc4ccccc4n3c1=O)[C@@H](C)CC(C)(C)N2C. The molecule has 2 aromatic heterocycles. The van der Waals surface area contributed by atoms with Crippen LogP contribution in [0.4, 0.5) is 5.69 Å². The average molecular weight is 404 g/mol. The van der Waals surface area contributed by atoms with Gasteiger partial charge >= 0.3 is 0 Å². The Kier molecular flexibility index (Phi) is 3.91. The summed E-state index contributed by atoms with van der Waals surface area (Å²) in [5.41, 5.74) is 6.88. The van der Waals surface area contributed by atoms with Crippen LogP contribution in [0.1, 0.15) is 49.8 Å². The first kappa shape index (κ1) is 18.4. The molecule has 5 heteroatoms. The van der Waals surface area contributed by atoms with Crippen LogP contribution >= 0.6 is 11.3 Å². The van der Waals surface area contributed by atoms with Crippen LogP contribution in [-0.2, 0) is 0 Å². The topological polar surface area (TPSA) is 37.6 Å². The van der Waals surface area contributed by atoms with Gasteiger partial charge in [-0.15, -0.1) is 0 Å². The molecule has 29 heavy (non-hydrogen) atoms. The lowest BCUT2D eigenvalue weighted by atomic mass is 9.79. The number of hydrogen-bond donors (Lipinski definition) is 0. The van der Waals surface area contributed by atoms with Crippen molar-refractivity contribution in [3.05, 3.63) is 68.0 Å². The summed E-state index contributed by atoms with van der Waals surface area (Å²) in [6, 6.07) is 12.4. The van der Waals surface area contributed by atoms with E-state index < -0.39 is 0 Å². The molecule has 2 aromatic carbocycles. The van der Waals surface area contributed by atoms with Crippen molar-refractivity contribution in [2.75, 3.05) is 11.9 Å². The quantitative estimate of drug-likeness (QED) is 0.470. The van der Waals surface area contributed by atoms with Crippen LogP contribution < -0.4 is 15.0 Å². The maximum absolute atomic E-state index is 13.1. The number of hydrogen-bond acceptors (Lipinski definition) is 4. The number of benzene rings is 2. The van der Waals surface area contributed by atoms with E-state index in [4.69, 9.17) is 0 Å². The van der Waals surface area contributed by atoms with Crippen LogP contribution in [0.3, 0.4) is 0 Å². The first-order chi connectivity index (χ1) is 13.8. The molecule has 0 fully saturated rings. The fraction of sp³-hybridized carbons (Fsp3) is 0.333. The van der Waals surface area contributed by atoms with Crippen LogP contribution in [0, 0.1) is 6.92 Å². The van der Waals surface area contributed by atoms with Crippen LogP contribution in [0.2, 0.25) is 0 Å². The Labute approximate surface area is 174 Å². The van der Waals surface area contributed by atoms with Crippen LogP contribution in [0.25, 0.3) is 22.1 Å². The molecule has 1 atom stereocenters. The van der Waals surface area contributed by atoms with Gasteiger partial charge < -0.3 is 4.90 Å². The van der Waals surface area contributed by atoms with Gasteiger partial charge in [-0.2, -0.15) is 0 Å². The minimum Gasteiger partial charge on any atom is -0.369 e. The van der Waals surface area contributed by atoms with Gasteiger partial charge in [0.1, 0.15) is 0 Å². The van der Waals surface area contributed by atoms with Gasteiger partial charge in [-0.25, -0.2) is 9.38 Å². The fourth-order valence-corrected chi connectivity index (χ4v) is 5.62. The predicted molar refractivity (Wildman–Crippen MR) is 122 cm³/mol.